The number of unbranched alkanes of at least 4 members (excludes halogenated alkanes) is 1. The van der Waals surface area contributed by atoms with Crippen LogP contribution < -0.4 is 0 Å². The number of aliphatic hydroxyl groups is 2. The number of hydrogen-bond acceptors (Lipinski definition) is 3. The van der Waals surface area contributed by atoms with Gasteiger partial charge in [-0.05, 0) is 38.8 Å². The Morgan fingerprint density at radius 3 is 2.75 bits per heavy atom. The second-order valence-corrected chi connectivity index (χ2v) is 3.45. The molecule has 0 saturated carbocycles. The zero-order valence-corrected chi connectivity index (χ0v) is 7.58. The number of hydrogen-bond donors (Lipinski definition) is 2. The topological polar surface area (TPSA) is 43.7 Å². The third-order valence-corrected chi connectivity index (χ3v) is 2.56. The molecular formula is C9H19NO2. The van der Waals surface area contributed by atoms with Crippen molar-refractivity contribution < 1.29 is 10.2 Å². The van der Waals surface area contributed by atoms with Crippen molar-refractivity contribution >= 4 is 0 Å². The van der Waals surface area contributed by atoms with Crippen molar-refractivity contribution in [1.29, 1.82) is 0 Å². The van der Waals surface area contributed by atoms with Crippen LogP contribution in [0, 0.1) is 0 Å². The smallest absolute Gasteiger partial charge is 0.0586 e. The van der Waals surface area contributed by atoms with E-state index in [0.29, 0.717) is 12.6 Å². The number of nitrogens with zero attached hydrogens (tertiary/aromatic N) is 1. The summed E-state index contributed by atoms with van der Waals surface area (Å²) < 4.78 is 0. The SMILES string of the molecule is OCCCCN1CCC[C@H]1CO. The molecule has 0 radical (unpaired) electrons. The zero-order valence-electron chi connectivity index (χ0n) is 7.58. The third kappa shape index (κ3) is 2.73. The molecule has 2 N–H and O–H groups in total. The van der Waals surface area contributed by atoms with Gasteiger partial charge in [0.05, 0.1) is 6.61 Å². The van der Waals surface area contributed by atoms with Crippen LogP contribution in [-0.4, -0.2) is 47.5 Å². The molecule has 12 heavy (non-hydrogen) atoms. The average molecular weight is 173 g/mol. The summed E-state index contributed by atoms with van der Waals surface area (Å²) in [7, 11) is 0. The largest absolute Gasteiger partial charge is 0.396 e. The molecule has 0 aromatic heterocycles. The van der Waals surface area contributed by atoms with Gasteiger partial charge in [-0.1, -0.05) is 0 Å². The van der Waals surface area contributed by atoms with E-state index in [-0.39, 0.29) is 6.61 Å². The lowest BCUT2D eigenvalue weighted by Crippen LogP contribution is -2.33. The standard InChI is InChI=1S/C9H19NO2/c11-7-2-1-5-10-6-3-4-9(10)8-12/h9,11-12H,1-8H2/t9-/m0/s1. The molecule has 3 heteroatoms. The maximum absolute atomic E-state index is 9.00. The van der Waals surface area contributed by atoms with Crippen LogP contribution >= 0.6 is 0 Å². The predicted octanol–water partition coefficient (Wildman–Crippen LogP) is 0.216. The maximum atomic E-state index is 9.00. The minimum absolute atomic E-state index is 0.289. The van der Waals surface area contributed by atoms with Gasteiger partial charge in [-0.25, -0.2) is 0 Å². The molecule has 0 bridgehead atoms. The maximum Gasteiger partial charge on any atom is 0.0586 e. The Morgan fingerprint density at radius 1 is 1.25 bits per heavy atom. The van der Waals surface area contributed by atoms with Crippen molar-refractivity contribution in [2.24, 2.45) is 0 Å². The van der Waals surface area contributed by atoms with Gasteiger partial charge in [0.25, 0.3) is 0 Å². The Balaban J connectivity index is 2.12. The highest BCUT2D eigenvalue weighted by Crippen LogP contribution is 2.16. The van der Waals surface area contributed by atoms with E-state index < -0.39 is 0 Å². The van der Waals surface area contributed by atoms with Gasteiger partial charge in [0.15, 0.2) is 0 Å². The quantitative estimate of drug-likeness (QED) is 0.584. The molecule has 0 spiro atoms. The van der Waals surface area contributed by atoms with Gasteiger partial charge in [-0.3, -0.25) is 4.90 Å². The van der Waals surface area contributed by atoms with Gasteiger partial charge in [0.1, 0.15) is 0 Å². The summed E-state index contributed by atoms with van der Waals surface area (Å²) in [4.78, 5) is 2.33. The fourth-order valence-electron chi connectivity index (χ4n) is 1.82. The van der Waals surface area contributed by atoms with Crippen LogP contribution in [0.1, 0.15) is 25.7 Å². The summed E-state index contributed by atoms with van der Waals surface area (Å²) in [5.74, 6) is 0. The molecule has 1 atom stereocenters. The van der Waals surface area contributed by atoms with Gasteiger partial charge < -0.3 is 10.2 Å². The highest BCUT2D eigenvalue weighted by atomic mass is 16.3. The van der Waals surface area contributed by atoms with Crippen LogP contribution in [0.15, 0.2) is 0 Å². The molecule has 3 nitrogen and oxygen atoms in total. The van der Waals surface area contributed by atoms with E-state index in [0.717, 1.165) is 32.4 Å². The molecule has 1 heterocycles. The molecule has 1 saturated heterocycles. The van der Waals surface area contributed by atoms with Crippen LogP contribution in [0.4, 0.5) is 0 Å². The molecule has 1 rings (SSSR count). The van der Waals surface area contributed by atoms with Crippen LogP contribution in [0.2, 0.25) is 0 Å². The average Bonchev–Trinajstić information content (AvgIpc) is 2.52. The predicted molar refractivity (Wildman–Crippen MR) is 48.0 cm³/mol. The minimum Gasteiger partial charge on any atom is -0.396 e. The van der Waals surface area contributed by atoms with Crippen LogP contribution in [0.3, 0.4) is 0 Å². The lowest BCUT2D eigenvalue weighted by Gasteiger charge is -2.22. The van der Waals surface area contributed by atoms with E-state index >= 15 is 0 Å². The van der Waals surface area contributed by atoms with Gasteiger partial charge in [0, 0.05) is 12.6 Å². The van der Waals surface area contributed by atoms with Gasteiger partial charge in [0.2, 0.25) is 0 Å². The highest BCUT2D eigenvalue weighted by molar-refractivity contribution is 4.77. The van der Waals surface area contributed by atoms with Crippen molar-refractivity contribution in [2.45, 2.75) is 31.7 Å². The minimum atomic E-state index is 0.289. The molecule has 0 aromatic carbocycles. The Bertz CT molecular complexity index is 119. The van der Waals surface area contributed by atoms with E-state index in [4.69, 9.17) is 10.2 Å². The molecule has 1 aliphatic heterocycles. The van der Waals surface area contributed by atoms with E-state index in [1.165, 1.54) is 6.42 Å². The van der Waals surface area contributed by atoms with Crippen molar-refractivity contribution in [1.82, 2.24) is 4.90 Å². The molecule has 0 amide bonds. The normalized spacial score (nSPS) is 25.0. The second-order valence-electron chi connectivity index (χ2n) is 3.45. The first kappa shape index (κ1) is 9.96. The van der Waals surface area contributed by atoms with Gasteiger partial charge in [-0.2, -0.15) is 0 Å². The van der Waals surface area contributed by atoms with Gasteiger partial charge >= 0.3 is 0 Å². The molecule has 0 unspecified atom stereocenters. The van der Waals surface area contributed by atoms with E-state index in [1.54, 1.807) is 0 Å². The first-order valence-electron chi connectivity index (χ1n) is 4.84. The highest BCUT2D eigenvalue weighted by Gasteiger charge is 2.22. The first-order chi connectivity index (χ1) is 5.88. The fourth-order valence-corrected chi connectivity index (χ4v) is 1.82. The Morgan fingerprint density at radius 2 is 2.08 bits per heavy atom. The molecule has 1 fully saturated rings. The molecule has 0 aromatic rings. The zero-order chi connectivity index (χ0) is 8.81. The Hall–Kier alpha value is -0.120. The van der Waals surface area contributed by atoms with E-state index in [1.807, 2.05) is 0 Å². The van der Waals surface area contributed by atoms with Crippen molar-refractivity contribution in [2.75, 3.05) is 26.3 Å². The second kappa shape index (κ2) is 5.51. The lowest BCUT2D eigenvalue weighted by molar-refractivity contribution is 0.154. The third-order valence-electron chi connectivity index (χ3n) is 2.56. The van der Waals surface area contributed by atoms with E-state index in [9.17, 15) is 0 Å². The first-order valence-corrected chi connectivity index (χ1v) is 4.84. The Labute approximate surface area is 74.0 Å². The summed E-state index contributed by atoms with van der Waals surface area (Å²) in [5, 5.41) is 17.6. The Kier molecular flexibility index (Phi) is 4.58. The summed E-state index contributed by atoms with van der Waals surface area (Å²) in [6.45, 7) is 2.74. The summed E-state index contributed by atoms with van der Waals surface area (Å²) in [6.07, 6.45) is 4.28. The summed E-state index contributed by atoms with van der Waals surface area (Å²) >= 11 is 0. The van der Waals surface area contributed by atoms with Crippen molar-refractivity contribution in [3.8, 4) is 0 Å². The fraction of sp³-hybridized carbons (Fsp3) is 1.00. The summed E-state index contributed by atoms with van der Waals surface area (Å²) in [6, 6.07) is 0.392. The van der Waals surface area contributed by atoms with Crippen LogP contribution in [0.5, 0.6) is 0 Å². The number of likely N-dealkylation sites (tertiary alicyclic amines) is 1. The molecular weight excluding hydrogens is 154 g/mol. The van der Waals surface area contributed by atoms with Crippen molar-refractivity contribution in [3.63, 3.8) is 0 Å². The molecule has 1 aliphatic rings. The van der Waals surface area contributed by atoms with Gasteiger partial charge in [-0.15, -0.1) is 0 Å². The monoisotopic (exact) mass is 173 g/mol. The summed E-state index contributed by atoms with van der Waals surface area (Å²) in [5.41, 5.74) is 0. The van der Waals surface area contributed by atoms with E-state index in [2.05, 4.69) is 4.90 Å². The number of rotatable bonds is 5. The molecule has 72 valence electrons. The van der Waals surface area contributed by atoms with Crippen LogP contribution in [0.25, 0.3) is 0 Å². The number of aliphatic hydroxyl groups excluding tert-OH is 2. The van der Waals surface area contributed by atoms with Crippen molar-refractivity contribution in [3.05, 3.63) is 0 Å². The lowest BCUT2D eigenvalue weighted by atomic mass is 10.2. The van der Waals surface area contributed by atoms with Crippen LogP contribution in [-0.2, 0) is 0 Å². The molecule has 0 aliphatic carbocycles.